The van der Waals surface area contributed by atoms with Crippen LogP contribution in [0, 0.1) is 5.41 Å². The molecule has 6 heteroatoms. The second kappa shape index (κ2) is 16.4. The molecule has 0 unspecified atom stereocenters. The fraction of sp³-hybridized carbons (Fsp3) is 0.0411. The highest BCUT2D eigenvalue weighted by Gasteiger charge is 2.35. The highest BCUT2D eigenvalue weighted by molar-refractivity contribution is 6.38. The van der Waals surface area contributed by atoms with Crippen LogP contribution in [0.3, 0.4) is 0 Å². The summed E-state index contributed by atoms with van der Waals surface area (Å²) in [6, 6.07) is 83.7. The van der Waals surface area contributed by atoms with Crippen LogP contribution in [-0.4, -0.2) is 28.2 Å². The summed E-state index contributed by atoms with van der Waals surface area (Å²) in [6.45, 7) is 4.63. The number of fused-ring (bicyclic) bond motifs is 20. The fourth-order valence-corrected chi connectivity index (χ4v) is 13.9. The van der Waals surface area contributed by atoms with Crippen LogP contribution in [0.5, 0.6) is 0 Å². The van der Waals surface area contributed by atoms with E-state index in [1.54, 1.807) is 0 Å². The van der Waals surface area contributed by atoms with Crippen LogP contribution in [0.25, 0.3) is 143 Å². The number of hydrogen-bond donors (Lipinski definition) is 0. The number of rotatable bonds is 6. The van der Waals surface area contributed by atoms with E-state index in [1.807, 2.05) is 0 Å². The van der Waals surface area contributed by atoms with Crippen LogP contribution in [-0.2, 0) is 0 Å². The molecule has 17 rings (SSSR count). The van der Waals surface area contributed by atoms with E-state index in [-0.39, 0.29) is 5.41 Å². The molecule has 370 valence electrons. The molecule has 0 fully saturated rings. The summed E-state index contributed by atoms with van der Waals surface area (Å²) in [5.41, 5.74) is 16.8. The normalized spacial score (nSPS) is 13.7. The molecule has 79 heavy (non-hydrogen) atoms. The van der Waals surface area contributed by atoms with Crippen LogP contribution in [0.4, 0.5) is 0 Å². The average molecular weight is 1010 g/mol. The Balaban J connectivity index is 0.783. The van der Waals surface area contributed by atoms with Crippen molar-refractivity contribution >= 4 is 120 Å². The van der Waals surface area contributed by atoms with Gasteiger partial charge in [-0.25, -0.2) is 4.98 Å². The van der Waals surface area contributed by atoms with Crippen LogP contribution in [0.15, 0.2) is 255 Å². The molecule has 0 saturated carbocycles. The van der Waals surface area contributed by atoms with Gasteiger partial charge in [-0.2, -0.15) is 0 Å². The van der Waals surface area contributed by atoms with Crippen molar-refractivity contribution in [1.29, 1.82) is 0 Å². The molecule has 16 aromatic rings. The van der Waals surface area contributed by atoms with Gasteiger partial charge in [0.05, 0.1) is 61.7 Å². The first-order valence-corrected chi connectivity index (χ1v) is 27.2. The van der Waals surface area contributed by atoms with Gasteiger partial charge in [-0.05, 0) is 100 Å². The minimum Gasteiger partial charge on any atom is -0.309 e. The Morgan fingerprint density at radius 3 is 1.16 bits per heavy atom. The van der Waals surface area contributed by atoms with Gasteiger partial charge in [-0.1, -0.05) is 184 Å². The molecule has 0 N–H and O–H groups in total. The summed E-state index contributed by atoms with van der Waals surface area (Å²) in [6.07, 6.45) is 8.68. The maximum absolute atomic E-state index is 5.40. The van der Waals surface area contributed by atoms with E-state index >= 15 is 0 Å². The smallest absolute Gasteiger partial charge is 0.137 e. The van der Waals surface area contributed by atoms with Crippen LogP contribution in [0.1, 0.15) is 25.1 Å². The first-order valence-electron chi connectivity index (χ1n) is 27.2. The Bertz CT molecular complexity index is 4970. The molecule has 1 aliphatic carbocycles. The van der Waals surface area contributed by atoms with Gasteiger partial charge in [0.15, 0.2) is 0 Å². The minimum absolute atomic E-state index is 0.355. The summed E-state index contributed by atoms with van der Waals surface area (Å²) in [5, 5.41) is 14.7. The van der Waals surface area contributed by atoms with Crippen molar-refractivity contribution in [2.24, 2.45) is 5.41 Å². The molecule has 10 aromatic carbocycles. The molecule has 0 amide bonds. The maximum Gasteiger partial charge on any atom is 0.137 e. The van der Waals surface area contributed by atoms with E-state index in [4.69, 9.17) is 9.97 Å². The van der Waals surface area contributed by atoms with Crippen molar-refractivity contribution in [2.75, 3.05) is 0 Å². The monoisotopic (exact) mass is 1010 g/mol. The zero-order valence-corrected chi connectivity index (χ0v) is 43.4. The third-order valence-electron chi connectivity index (χ3n) is 17.2. The largest absolute Gasteiger partial charge is 0.309 e. The Morgan fingerprint density at radius 1 is 0.291 bits per heavy atom. The molecule has 6 heterocycles. The molecule has 0 atom stereocenters. The Morgan fingerprint density at radius 2 is 0.696 bits per heavy atom. The van der Waals surface area contributed by atoms with Gasteiger partial charge in [-0.15, -0.1) is 0 Å². The van der Waals surface area contributed by atoms with E-state index in [2.05, 4.69) is 287 Å². The first-order chi connectivity index (χ1) is 39.0. The molecule has 0 spiro atoms. The third kappa shape index (κ3) is 6.00. The fourth-order valence-electron chi connectivity index (χ4n) is 13.9. The zero-order valence-electron chi connectivity index (χ0n) is 43.4. The van der Waals surface area contributed by atoms with Crippen molar-refractivity contribution in [1.82, 2.24) is 28.2 Å². The average Bonchev–Trinajstić information content (AvgIpc) is 4.31. The highest BCUT2D eigenvalue weighted by Crippen LogP contribution is 2.52. The van der Waals surface area contributed by atoms with Crippen LogP contribution in [0.2, 0.25) is 0 Å². The lowest BCUT2D eigenvalue weighted by Crippen LogP contribution is -2.14. The lowest BCUT2D eigenvalue weighted by Gasteiger charge is -2.27. The Kier molecular flexibility index (Phi) is 9.09. The SMILES string of the molecule is CC1(C)C(c2ccc(-n3c4ccccc4c4c5ccccc5c5c(c6ccccc6n5-c5ccccc5)c43)nc2)=CC=C1c1ccc(-n2c3ccccc3c3c4ccccc4c4c(c5ccccc5n4-c4ccccc4)c32)cn1. The predicted molar refractivity (Wildman–Crippen MR) is 331 cm³/mol. The van der Waals surface area contributed by atoms with Gasteiger partial charge in [0.25, 0.3) is 0 Å². The lowest BCUT2D eigenvalue weighted by molar-refractivity contribution is 0.678. The van der Waals surface area contributed by atoms with Crippen LogP contribution >= 0.6 is 0 Å². The lowest BCUT2D eigenvalue weighted by atomic mass is 9.77. The number of pyridine rings is 2. The van der Waals surface area contributed by atoms with Gasteiger partial charge >= 0.3 is 0 Å². The van der Waals surface area contributed by atoms with E-state index in [0.29, 0.717) is 0 Å². The second-order valence-electron chi connectivity index (χ2n) is 21.7. The van der Waals surface area contributed by atoms with Crippen molar-refractivity contribution in [3.05, 3.63) is 266 Å². The van der Waals surface area contributed by atoms with Crippen molar-refractivity contribution in [3.63, 3.8) is 0 Å². The van der Waals surface area contributed by atoms with Gasteiger partial charge in [0.2, 0.25) is 0 Å². The minimum atomic E-state index is -0.355. The first kappa shape index (κ1) is 43.9. The number of hydrogen-bond acceptors (Lipinski definition) is 2. The van der Waals surface area contributed by atoms with E-state index in [9.17, 15) is 0 Å². The summed E-state index contributed by atoms with van der Waals surface area (Å²) in [5.74, 6) is 0.880. The molecule has 1 aliphatic rings. The summed E-state index contributed by atoms with van der Waals surface area (Å²) < 4.78 is 9.76. The summed E-state index contributed by atoms with van der Waals surface area (Å²) >= 11 is 0. The number of aromatic nitrogens is 6. The van der Waals surface area contributed by atoms with Crippen molar-refractivity contribution in [3.8, 4) is 22.9 Å². The zero-order chi connectivity index (χ0) is 52.1. The van der Waals surface area contributed by atoms with Crippen molar-refractivity contribution < 1.29 is 0 Å². The topological polar surface area (TPSA) is 45.5 Å². The quantitative estimate of drug-likeness (QED) is 0.167. The predicted octanol–water partition coefficient (Wildman–Crippen LogP) is 18.7. The highest BCUT2D eigenvalue weighted by atomic mass is 15.1. The second-order valence-corrected chi connectivity index (χ2v) is 21.7. The van der Waals surface area contributed by atoms with Gasteiger partial charge in [-0.3, -0.25) is 9.55 Å². The molecule has 0 bridgehead atoms. The number of para-hydroxylation sites is 6. The third-order valence-corrected chi connectivity index (χ3v) is 17.2. The number of allylic oxidation sites excluding steroid dienone is 4. The molecule has 6 aromatic heterocycles. The molecule has 6 nitrogen and oxygen atoms in total. The number of benzene rings is 10. The van der Waals surface area contributed by atoms with E-state index in [1.165, 1.54) is 103 Å². The molecule has 0 saturated heterocycles. The van der Waals surface area contributed by atoms with Crippen LogP contribution < -0.4 is 0 Å². The summed E-state index contributed by atoms with van der Waals surface area (Å²) in [4.78, 5) is 10.8. The van der Waals surface area contributed by atoms with Gasteiger partial charge < -0.3 is 13.7 Å². The van der Waals surface area contributed by atoms with E-state index < -0.39 is 0 Å². The van der Waals surface area contributed by atoms with Gasteiger partial charge in [0, 0.05) is 76.8 Å². The Labute approximate surface area is 454 Å². The Hall–Kier alpha value is -10.3. The van der Waals surface area contributed by atoms with Gasteiger partial charge in [0.1, 0.15) is 5.82 Å². The summed E-state index contributed by atoms with van der Waals surface area (Å²) in [7, 11) is 0. The molecule has 0 aliphatic heterocycles. The maximum atomic E-state index is 5.40. The van der Waals surface area contributed by atoms with E-state index in [0.717, 1.165) is 50.7 Å². The number of nitrogens with zero attached hydrogens (tertiary/aromatic N) is 6. The molecule has 0 radical (unpaired) electrons. The van der Waals surface area contributed by atoms with Crippen molar-refractivity contribution in [2.45, 2.75) is 13.8 Å². The standard InChI is InChI=1S/C73H48N6/c1-73(2)57(45-37-42-64(75-43-45)79-63-36-20-14-30-54(63)66-50-26-10-12-28-52(50)70-68(72(66)79)56-32-16-19-35-62(56)77(70)47-23-7-4-8-24-47)39-40-58(73)59-41-38-48(44-74-59)78-60-33-17-13-29-53(60)65-49-25-9-11-27-51(49)69-67(71(65)78)55-31-15-18-34-61(55)76(69)46-21-5-3-6-22-46/h3-44H,1-2H3. The molecular weight excluding hydrogens is 961 g/mol. The molecular formula is C73H48N6.